The molecule has 0 aliphatic carbocycles. The van der Waals surface area contributed by atoms with Crippen molar-refractivity contribution in [1.29, 1.82) is 0 Å². The average Bonchev–Trinajstić information content (AvgIpc) is 2.65. The molecule has 0 saturated heterocycles. The fourth-order valence-corrected chi connectivity index (χ4v) is 2.86. The van der Waals surface area contributed by atoms with Crippen LogP contribution in [0.5, 0.6) is 0 Å². The summed E-state index contributed by atoms with van der Waals surface area (Å²) in [6.45, 7) is 9.46. The van der Waals surface area contributed by atoms with Gasteiger partial charge in [-0.2, -0.15) is 0 Å². The molecule has 0 aliphatic rings. The molecule has 0 spiro atoms. The van der Waals surface area contributed by atoms with Crippen LogP contribution < -0.4 is 5.32 Å². The van der Waals surface area contributed by atoms with E-state index in [9.17, 15) is 9.59 Å². The average molecular weight is 404 g/mol. The third-order valence-electron chi connectivity index (χ3n) is 4.31. The highest BCUT2D eigenvalue weighted by molar-refractivity contribution is 5.81. The Morgan fingerprint density at radius 2 is 1.66 bits per heavy atom. The number of rotatable bonds is 13. The van der Waals surface area contributed by atoms with E-state index in [0.29, 0.717) is 13.0 Å². The van der Waals surface area contributed by atoms with Crippen LogP contribution in [0.4, 0.5) is 4.79 Å². The normalized spacial score (nSPS) is 12.1. The van der Waals surface area contributed by atoms with Gasteiger partial charge in [0.25, 0.3) is 0 Å². The molecule has 1 aromatic carbocycles. The Balaban J connectivity index is 2.44. The van der Waals surface area contributed by atoms with E-state index in [1.165, 1.54) is 19.3 Å². The third kappa shape index (κ3) is 12.7. The topological polar surface area (TPSA) is 64.6 Å². The van der Waals surface area contributed by atoms with E-state index in [1.807, 2.05) is 36.4 Å². The molecule has 1 amide bonds. The smallest absolute Gasteiger partial charge is 0.408 e. The van der Waals surface area contributed by atoms with E-state index in [0.717, 1.165) is 31.2 Å². The minimum absolute atomic E-state index is 0.363. The lowest BCUT2D eigenvalue weighted by molar-refractivity contribution is -0.146. The van der Waals surface area contributed by atoms with Crippen LogP contribution in [-0.4, -0.2) is 30.3 Å². The first-order valence-corrected chi connectivity index (χ1v) is 10.6. The second-order valence-electron chi connectivity index (χ2n) is 8.25. The summed E-state index contributed by atoms with van der Waals surface area (Å²) in [5.41, 5.74) is 0.321. The van der Waals surface area contributed by atoms with Crippen LogP contribution in [0, 0.1) is 0 Å². The highest BCUT2D eigenvalue weighted by Gasteiger charge is 2.25. The van der Waals surface area contributed by atoms with Gasteiger partial charge in [0.1, 0.15) is 11.6 Å². The summed E-state index contributed by atoms with van der Waals surface area (Å²) < 4.78 is 10.7. The van der Waals surface area contributed by atoms with E-state index >= 15 is 0 Å². The van der Waals surface area contributed by atoms with Crippen molar-refractivity contribution in [2.45, 2.75) is 83.8 Å². The van der Waals surface area contributed by atoms with E-state index in [-0.39, 0.29) is 0 Å². The molecule has 29 heavy (non-hydrogen) atoms. The molecule has 1 rings (SSSR count). The van der Waals surface area contributed by atoms with Crippen molar-refractivity contribution in [2.24, 2.45) is 0 Å². The van der Waals surface area contributed by atoms with Gasteiger partial charge in [0, 0.05) is 6.42 Å². The first-order valence-electron chi connectivity index (χ1n) is 10.6. The van der Waals surface area contributed by atoms with E-state index in [2.05, 4.69) is 11.9 Å². The fourth-order valence-electron chi connectivity index (χ4n) is 2.86. The number of hydrogen-bond donors (Lipinski definition) is 1. The van der Waals surface area contributed by atoms with Crippen molar-refractivity contribution in [2.75, 3.05) is 6.61 Å². The monoisotopic (exact) mass is 403 g/mol. The lowest BCUT2D eigenvalue weighted by atomic mass is 10.1. The number of unbranched alkanes of at least 4 members (excludes halogenated alkanes) is 6. The summed E-state index contributed by atoms with van der Waals surface area (Å²) in [5.74, 6) is -0.425. The molecule has 5 heteroatoms. The zero-order valence-electron chi connectivity index (χ0n) is 18.2. The lowest BCUT2D eigenvalue weighted by Gasteiger charge is -2.23. The third-order valence-corrected chi connectivity index (χ3v) is 4.31. The van der Waals surface area contributed by atoms with Crippen molar-refractivity contribution in [3.05, 3.63) is 48.6 Å². The van der Waals surface area contributed by atoms with Gasteiger partial charge < -0.3 is 14.8 Å². The highest BCUT2D eigenvalue weighted by Crippen LogP contribution is 2.11. The summed E-state index contributed by atoms with van der Waals surface area (Å²) in [7, 11) is 0. The zero-order chi connectivity index (χ0) is 21.5. The number of carbonyl (C=O) groups excluding carboxylic acids is 2. The number of benzene rings is 1. The Morgan fingerprint density at radius 1 is 1.03 bits per heavy atom. The van der Waals surface area contributed by atoms with Gasteiger partial charge in [-0.15, -0.1) is 6.58 Å². The van der Waals surface area contributed by atoms with Crippen LogP contribution in [0.1, 0.15) is 71.3 Å². The minimum Gasteiger partial charge on any atom is -0.464 e. The van der Waals surface area contributed by atoms with E-state index in [4.69, 9.17) is 9.47 Å². The van der Waals surface area contributed by atoms with Crippen LogP contribution in [0.3, 0.4) is 0 Å². The van der Waals surface area contributed by atoms with Gasteiger partial charge in [-0.3, -0.25) is 0 Å². The second-order valence-corrected chi connectivity index (χ2v) is 8.25. The fraction of sp³-hybridized carbons (Fsp3) is 0.583. The number of ether oxygens (including phenoxy) is 2. The van der Waals surface area contributed by atoms with Crippen molar-refractivity contribution in [3.63, 3.8) is 0 Å². The van der Waals surface area contributed by atoms with E-state index < -0.39 is 23.7 Å². The minimum atomic E-state index is -0.772. The quantitative estimate of drug-likeness (QED) is 0.265. The molecule has 0 fully saturated rings. The number of nitrogens with one attached hydrogen (secondary N) is 1. The van der Waals surface area contributed by atoms with Crippen molar-refractivity contribution in [3.8, 4) is 0 Å². The molecule has 0 heterocycles. The van der Waals surface area contributed by atoms with E-state index in [1.54, 1.807) is 20.8 Å². The highest BCUT2D eigenvalue weighted by atomic mass is 16.6. The van der Waals surface area contributed by atoms with Crippen LogP contribution in [0.25, 0.3) is 0 Å². The summed E-state index contributed by atoms with van der Waals surface area (Å²) >= 11 is 0. The molecular formula is C24H37NO4. The second kappa shape index (κ2) is 13.8. The molecule has 162 valence electrons. The Bertz CT molecular complexity index is 607. The maximum Gasteiger partial charge on any atom is 0.408 e. The first kappa shape index (κ1) is 24.7. The van der Waals surface area contributed by atoms with Crippen molar-refractivity contribution >= 4 is 12.1 Å². The van der Waals surface area contributed by atoms with Gasteiger partial charge in [0.05, 0.1) is 6.61 Å². The standard InChI is InChI=1S/C24H37NO4/c1-5-6-7-8-9-10-11-15-18-28-22(26)21(19-20-16-13-12-14-17-20)25-23(27)29-24(2,3)4/h5,12-14,16-17,21H,1,6-11,15,18-19H2,2-4H3,(H,25,27)/t21-/m0/s1. The van der Waals surface area contributed by atoms with Gasteiger partial charge in [-0.1, -0.05) is 62.1 Å². The van der Waals surface area contributed by atoms with Gasteiger partial charge in [0.15, 0.2) is 0 Å². The number of esters is 1. The molecule has 0 saturated carbocycles. The lowest BCUT2D eigenvalue weighted by Crippen LogP contribution is -2.45. The number of hydrogen-bond acceptors (Lipinski definition) is 4. The summed E-state index contributed by atoms with van der Waals surface area (Å²) in [4.78, 5) is 24.7. The van der Waals surface area contributed by atoms with Crippen LogP contribution in [-0.2, 0) is 20.7 Å². The van der Waals surface area contributed by atoms with Gasteiger partial charge in [-0.05, 0) is 45.6 Å². The van der Waals surface area contributed by atoms with Crippen LogP contribution in [0.2, 0.25) is 0 Å². The summed E-state index contributed by atoms with van der Waals surface area (Å²) in [5, 5.41) is 2.66. The molecular weight excluding hydrogens is 366 g/mol. The zero-order valence-corrected chi connectivity index (χ0v) is 18.2. The first-order chi connectivity index (χ1) is 13.8. The Labute approximate surface area is 175 Å². The van der Waals surface area contributed by atoms with Crippen molar-refractivity contribution < 1.29 is 19.1 Å². The Kier molecular flexibility index (Phi) is 11.8. The Hall–Kier alpha value is -2.30. The van der Waals surface area contributed by atoms with Crippen LogP contribution in [0.15, 0.2) is 43.0 Å². The van der Waals surface area contributed by atoms with Gasteiger partial charge in [0.2, 0.25) is 0 Å². The molecule has 1 atom stereocenters. The van der Waals surface area contributed by atoms with Crippen LogP contribution >= 0.6 is 0 Å². The molecule has 0 aliphatic heterocycles. The van der Waals surface area contributed by atoms with Crippen molar-refractivity contribution in [1.82, 2.24) is 5.32 Å². The molecule has 0 aromatic heterocycles. The SMILES string of the molecule is C=CCCCCCCCCOC(=O)[C@H](Cc1ccccc1)NC(=O)OC(C)(C)C. The van der Waals surface area contributed by atoms with Gasteiger partial charge >= 0.3 is 12.1 Å². The predicted molar refractivity (Wildman–Crippen MR) is 117 cm³/mol. The molecule has 5 nitrogen and oxygen atoms in total. The number of amides is 1. The molecule has 0 bridgehead atoms. The Morgan fingerprint density at radius 3 is 2.28 bits per heavy atom. The number of alkyl carbamates (subject to hydrolysis) is 1. The summed E-state index contributed by atoms with van der Waals surface area (Å²) in [6.07, 6.45) is 9.37. The predicted octanol–water partition coefficient (Wildman–Crippen LogP) is 5.58. The largest absolute Gasteiger partial charge is 0.464 e. The van der Waals surface area contributed by atoms with Gasteiger partial charge in [-0.25, -0.2) is 9.59 Å². The number of allylic oxidation sites excluding steroid dienone is 1. The maximum absolute atomic E-state index is 12.6. The number of carbonyl (C=O) groups is 2. The molecule has 0 unspecified atom stereocenters. The molecule has 0 radical (unpaired) electrons. The summed E-state index contributed by atoms with van der Waals surface area (Å²) in [6, 6.07) is 8.79. The molecule has 1 aromatic rings. The maximum atomic E-state index is 12.6. The molecule has 1 N–H and O–H groups in total.